The van der Waals surface area contributed by atoms with Gasteiger partial charge in [0.1, 0.15) is 6.04 Å². The molecule has 0 spiro atoms. The number of nitrogens with zero attached hydrogens (tertiary/aromatic N) is 2. The van der Waals surface area contributed by atoms with Gasteiger partial charge in [-0.05, 0) is 19.3 Å². The standard InChI is InChI=1S/C12H21N3O3/c1-3-4-7-18-15-9-5-6-10(11(16)13-2)14(8-9)12(15)17/h9-10H,3-8H2,1-2H3,(H,13,16)/t9?,10-/m0/s1. The van der Waals surface area contributed by atoms with Crippen LogP contribution in [-0.2, 0) is 9.63 Å². The third-order valence-electron chi connectivity index (χ3n) is 3.60. The molecule has 2 aliphatic heterocycles. The van der Waals surface area contributed by atoms with Crippen LogP contribution in [0.15, 0.2) is 0 Å². The lowest BCUT2D eigenvalue weighted by Crippen LogP contribution is -2.48. The monoisotopic (exact) mass is 255 g/mol. The van der Waals surface area contributed by atoms with Crippen LogP contribution >= 0.6 is 0 Å². The Hall–Kier alpha value is -1.30. The Balaban J connectivity index is 1.99. The van der Waals surface area contributed by atoms with Crippen LogP contribution in [0.25, 0.3) is 0 Å². The summed E-state index contributed by atoms with van der Waals surface area (Å²) >= 11 is 0. The largest absolute Gasteiger partial charge is 0.357 e. The minimum Gasteiger partial charge on any atom is -0.357 e. The highest BCUT2D eigenvalue weighted by molar-refractivity contribution is 5.88. The molecular weight excluding hydrogens is 234 g/mol. The van der Waals surface area contributed by atoms with Crippen molar-refractivity contribution in [1.29, 1.82) is 0 Å². The molecule has 2 heterocycles. The number of urea groups is 1. The number of piperidine rings is 1. The van der Waals surface area contributed by atoms with Gasteiger partial charge in [-0.1, -0.05) is 13.3 Å². The van der Waals surface area contributed by atoms with E-state index in [9.17, 15) is 9.59 Å². The number of rotatable bonds is 5. The fourth-order valence-corrected chi connectivity index (χ4v) is 2.54. The van der Waals surface area contributed by atoms with E-state index in [1.165, 1.54) is 5.06 Å². The van der Waals surface area contributed by atoms with Crippen molar-refractivity contribution < 1.29 is 14.4 Å². The van der Waals surface area contributed by atoms with Crippen LogP contribution in [-0.4, -0.2) is 54.2 Å². The van der Waals surface area contributed by atoms with Gasteiger partial charge >= 0.3 is 6.03 Å². The molecule has 2 saturated heterocycles. The topological polar surface area (TPSA) is 61.9 Å². The van der Waals surface area contributed by atoms with Crippen LogP contribution in [0.3, 0.4) is 0 Å². The fraction of sp³-hybridized carbons (Fsp3) is 0.833. The van der Waals surface area contributed by atoms with Gasteiger partial charge in [0.2, 0.25) is 5.91 Å². The van der Waals surface area contributed by atoms with Crippen molar-refractivity contribution in [3.05, 3.63) is 0 Å². The molecule has 2 atom stereocenters. The first kappa shape index (κ1) is 13.1. The van der Waals surface area contributed by atoms with E-state index in [4.69, 9.17) is 4.84 Å². The molecule has 2 rings (SSSR count). The second-order valence-corrected chi connectivity index (χ2v) is 4.81. The molecule has 102 valence electrons. The highest BCUT2D eigenvalue weighted by atomic mass is 16.7. The van der Waals surface area contributed by atoms with Crippen molar-refractivity contribution in [1.82, 2.24) is 15.3 Å². The molecule has 2 bridgehead atoms. The smallest absolute Gasteiger partial charge is 0.345 e. The predicted molar refractivity (Wildman–Crippen MR) is 65.7 cm³/mol. The maximum Gasteiger partial charge on any atom is 0.345 e. The first-order valence-corrected chi connectivity index (χ1v) is 6.63. The van der Waals surface area contributed by atoms with Crippen molar-refractivity contribution in [3.63, 3.8) is 0 Å². The minimum absolute atomic E-state index is 0.0859. The molecule has 6 nitrogen and oxygen atoms in total. The Morgan fingerprint density at radius 1 is 1.50 bits per heavy atom. The van der Waals surface area contributed by atoms with Gasteiger partial charge in [0, 0.05) is 13.6 Å². The number of likely N-dealkylation sites (N-methyl/N-ethyl adjacent to an activating group) is 1. The van der Waals surface area contributed by atoms with Crippen LogP contribution < -0.4 is 5.32 Å². The van der Waals surface area contributed by atoms with Crippen molar-refractivity contribution >= 4 is 11.9 Å². The van der Waals surface area contributed by atoms with Crippen molar-refractivity contribution in [2.45, 2.75) is 44.7 Å². The van der Waals surface area contributed by atoms with Crippen molar-refractivity contribution in [2.75, 3.05) is 20.2 Å². The molecule has 1 N–H and O–H groups in total. The molecular formula is C12H21N3O3. The van der Waals surface area contributed by atoms with E-state index in [1.54, 1.807) is 11.9 Å². The van der Waals surface area contributed by atoms with Gasteiger partial charge in [0.05, 0.1) is 12.6 Å². The number of amides is 3. The molecule has 2 fully saturated rings. The molecule has 0 aromatic heterocycles. The van der Waals surface area contributed by atoms with E-state index < -0.39 is 0 Å². The van der Waals surface area contributed by atoms with Gasteiger partial charge < -0.3 is 10.2 Å². The average Bonchev–Trinajstić information content (AvgIpc) is 2.63. The molecule has 2 aliphatic rings. The Morgan fingerprint density at radius 2 is 2.28 bits per heavy atom. The maximum atomic E-state index is 12.2. The summed E-state index contributed by atoms with van der Waals surface area (Å²) in [6.07, 6.45) is 3.52. The molecule has 0 aromatic rings. The van der Waals surface area contributed by atoms with Gasteiger partial charge in [0.25, 0.3) is 0 Å². The second kappa shape index (κ2) is 5.56. The SMILES string of the molecule is CCCCON1C(=O)N2CC1CC[C@H]2C(=O)NC. The second-order valence-electron chi connectivity index (χ2n) is 4.81. The summed E-state index contributed by atoms with van der Waals surface area (Å²) < 4.78 is 0. The number of carbonyl (C=O) groups excluding carboxylic acids is 2. The van der Waals surface area contributed by atoms with Crippen LogP contribution in [0.5, 0.6) is 0 Å². The molecule has 0 aromatic carbocycles. The minimum atomic E-state index is -0.335. The number of hydrogen-bond donors (Lipinski definition) is 1. The summed E-state index contributed by atoms with van der Waals surface area (Å²) in [5, 5.41) is 4.08. The van der Waals surface area contributed by atoms with E-state index >= 15 is 0 Å². The summed E-state index contributed by atoms with van der Waals surface area (Å²) in [5.74, 6) is -0.0859. The third kappa shape index (κ3) is 2.29. The fourth-order valence-electron chi connectivity index (χ4n) is 2.54. The maximum absolute atomic E-state index is 12.2. The first-order valence-electron chi connectivity index (χ1n) is 6.63. The van der Waals surface area contributed by atoms with Crippen LogP contribution in [0.1, 0.15) is 32.6 Å². The first-order chi connectivity index (χ1) is 8.69. The molecule has 18 heavy (non-hydrogen) atoms. The summed E-state index contributed by atoms with van der Waals surface area (Å²) in [6.45, 7) is 3.25. The zero-order valence-corrected chi connectivity index (χ0v) is 11.0. The van der Waals surface area contributed by atoms with E-state index in [2.05, 4.69) is 12.2 Å². The van der Waals surface area contributed by atoms with E-state index in [1.807, 2.05) is 0 Å². The molecule has 3 amide bonds. The summed E-state index contributed by atoms with van der Waals surface area (Å²) in [7, 11) is 1.60. The Labute approximate surface area is 107 Å². The lowest BCUT2D eigenvalue weighted by Gasteiger charge is -2.28. The Bertz CT molecular complexity index is 335. The van der Waals surface area contributed by atoms with Crippen molar-refractivity contribution in [3.8, 4) is 0 Å². The highest BCUT2D eigenvalue weighted by Gasteiger charge is 2.47. The third-order valence-corrected chi connectivity index (χ3v) is 3.60. The number of carbonyl (C=O) groups is 2. The molecule has 1 unspecified atom stereocenters. The van der Waals surface area contributed by atoms with Gasteiger partial charge in [-0.15, -0.1) is 0 Å². The summed E-state index contributed by atoms with van der Waals surface area (Å²) in [4.78, 5) is 31.0. The summed E-state index contributed by atoms with van der Waals surface area (Å²) in [5.41, 5.74) is 0. The zero-order chi connectivity index (χ0) is 13.1. The Kier molecular flexibility index (Phi) is 4.06. The molecule has 0 aliphatic carbocycles. The van der Waals surface area contributed by atoms with Crippen LogP contribution in [0, 0.1) is 0 Å². The lowest BCUT2D eigenvalue weighted by molar-refractivity contribution is -0.131. The van der Waals surface area contributed by atoms with Gasteiger partial charge in [-0.3, -0.25) is 9.63 Å². The quantitative estimate of drug-likeness (QED) is 0.737. The summed E-state index contributed by atoms with van der Waals surface area (Å²) in [6, 6.07) is -0.393. The highest BCUT2D eigenvalue weighted by Crippen LogP contribution is 2.30. The Morgan fingerprint density at radius 3 is 2.94 bits per heavy atom. The van der Waals surface area contributed by atoms with Crippen LogP contribution in [0.4, 0.5) is 4.79 Å². The molecule has 0 radical (unpaired) electrons. The zero-order valence-electron chi connectivity index (χ0n) is 11.0. The average molecular weight is 255 g/mol. The number of unbranched alkanes of at least 4 members (excludes halogenated alkanes) is 1. The molecule has 6 heteroatoms. The van der Waals surface area contributed by atoms with E-state index in [-0.39, 0.29) is 24.0 Å². The van der Waals surface area contributed by atoms with Gasteiger partial charge in [0.15, 0.2) is 0 Å². The lowest BCUT2D eigenvalue weighted by atomic mass is 10.0. The number of hydrogen-bond acceptors (Lipinski definition) is 3. The number of nitrogens with one attached hydrogen (secondary N) is 1. The normalized spacial score (nSPS) is 26.7. The molecule has 0 saturated carbocycles. The number of hydroxylamine groups is 2. The van der Waals surface area contributed by atoms with Crippen LogP contribution in [0.2, 0.25) is 0 Å². The van der Waals surface area contributed by atoms with Crippen molar-refractivity contribution in [2.24, 2.45) is 0 Å². The van der Waals surface area contributed by atoms with E-state index in [0.29, 0.717) is 19.6 Å². The van der Waals surface area contributed by atoms with E-state index in [0.717, 1.165) is 19.3 Å². The van der Waals surface area contributed by atoms with Gasteiger partial charge in [-0.2, -0.15) is 5.06 Å². The van der Waals surface area contributed by atoms with Gasteiger partial charge in [-0.25, -0.2) is 4.79 Å². The predicted octanol–water partition coefficient (Wildman–Crippen LogP) is 0.733. The number of fused-ring (bicyclic) bond motifs is 2.